The number of aliphatic imine (C=N–C) groups is 1. The van der Waals surface area contributed by atoms with E-state index in [2.05, 4.69) is 40.7 Å². The summed E-state index contributed by atoms with van der Waals surface area (Å²) < 4.78 is 0. The largest absolute Gasteiger partial charge is 0.366 e. The molecule has 0 spiro atoms. The maximum absolute atomic E-state index is 4.50. The zero-order chi connectivity index (χ0) is 12.2. The quantitative estimate of drug-likeness (QED) is 0.848. The van der Waals surface area contributed by atoms with Crippen molar-refractivity contribution < 1.29 is 0 Å². The average Bonchev–Trinajstić information content (AvgIpc) is 2.49. The summed E-state index contributed by atoms with van der Waals surface area (Å²) in [7, 11) is 0. The van der Waals surface area contributed by atoms with Crippen LogP contribution in [-0.2, 0) is 0 Å². The predicted molar refractivity (Wildman–Crippen MR) is 75.4 cm³/mol. The average molecular weight is 234 g/mol. The third-order valence-electron chi connectivity index (χ3n) is 2.95. The van der Waals surface area contributed by atoms with E-state index in [4.69, 9.17) is 0 Å². The number of hydrogen-bond donors (Lipinski definition) is 1. The molecule has 0 radical (unpaired) electrons. The van der Waals surface area contributed by atoms with E-state index >= 15 is 0 Å². The molecule has 0 aliphatic carbocycles. The Labute approximate surface area is 107 Å². The third-order valence-corrected chi connectivity index (χ3v) is 2.95. The molecule has 0 amide bonds. The fraction of sp³-hybridized carbons (Fsp3) is 0.0625. The smallest absolute Gasteiger partial charge is 0.108 e. The maximum Gasteiger partial charge on any atom is 0.108 e. The highest BCUT2D eigenvalue weighted by Crippen LogP contribution is 2.15. The lowest BCUT2D eigenvalue weighted by Crippen LogP contribution is -2.20. The van der Waals surface area contributed by atoms with Gasteiger partial charge in [0.2, 0.25) is 0 Å². The molecule has 1 aliphatic rings. The van der Waals surface area contributed by atoms with E-state index in [1.807, 2.05) is 36.4 Å². The highest BCUT2D eigenvalue weighted by molar-refractivity contribution is 6.12. The molecule has 0 unspecified atom stereocenters. The zero-order valence-electron chi connectivity index (χ0n) is 10.0. The topological polar surface area (TPSA) is 24.4 Å². The summed E-state index contributed by atoms with van der Waals surface area (Å²) in [6.07, 6.45) is 2.11. The minimum Gasteiger partial charge on any atom is -0.366 e. The number of nitrogens with one attached hydrogen (secondary N) is 1. The molecular formula is C16H14N2. The van der Waals surface area contributed by atoms with Crippen LogP contribution in [0.2, 0.25) is 0 Å². The van der Waals surface area contributed by atoms with E-state index in [0.717, 1.165) is 17.0 Å². The van der Waals surface area contributed by atoms with Gasteiger partial charge in [-0.25, -0.2) is 0 Å². The van der Waals surface area contributed by atoms with Gasteiger partial charge < -0.3 is 5.32 Å². The molecule has 3 rings (SSSR count). The number of nitrogens with zero attached hydrogens (tertiary/aromatic N) is 1. The van der Waals surface area contributed by atoms with Crippen LogP contribution in [0.25, 0.3) is 5.70 Å². The first-order valence-corrected chi connectivity index (χ1v) is 6.04. The molecule has 0 atom stereocenters. The standard InChI is InChI=1S/C16H14N2/c1-3-7-13(8-4-1)15-11-16(18-12-17-15)14-9-5-2-6-10-14/h1-11,17H,12H2. The number of hydrogen-bond acceptors (Lipinski definition) is 2. The molecular weight excluding hydrogens is 220 g/mol. The summed E-state index contributed by atoms with van der Waals surface area (Å²) in [4.78, 5) is 4.50. The lowest BCUT2D eigenvalue weighted by atomic mass is 10.0. The van der Waals surface area contributed by atoms with Gasteiger partial charge in [0.15, 0.2) is 0 Å². The Kier molecular flexibility index (Phi) is 2.92. The molecule has 0 bridgehead atoms. The predicted octanol–water partition coefficient (Wildman–Crippen LogP) is 3.08. The van der Waals surface area contributed by atoms with Crippen molar-refractivity contribution in [3.8, 4) is 0 Å². The first kappa shape index (κ1) is 10.8. The van der Waals surface area contributed by atoms with Crippen molar-refractivity contribution in [1.29, 1.82) is 0 Å². The van der Waals surface area contributed by atoms with Crippen molar-refractivity contribution in [2.45, 2.75) is 0 Å². The lowest BCUT2D eigenvalue weighted by Gasteiger charge is -2.16. The van der Waals surface area contributed by atoms with Crippen LogP contribution in [0.5, 0.6) is 0 Å². The monoisotopic (exact) mass is 234 g/mol. The third kappa shape index (κ3) is 2.18. The molecule has 1 N–H and O–H groups in total. The van der Waals surface area contributed by atoms with E-state index in [0.29, 0.717) is 6.67 Å². The van der Waals surface area contributed by atoms with Crippen LogP contribution in [-0.4, -0.2) is 12.4 Å². The van der Waals surface area contributed by atoms with E-state index in [1.165, 1.54) is 5.56 Å². The summed E-state index contributed by atoms with van der Waals surface area (Å²) in [6, 6.07) is 20.6. The highest BCUT2D eigenvalue weighted by Gasteiger charge is 2.08. The first-order chi connectivity index (χ1) is 8.93. The van der Waals surface area contributed by atoms with Gasteiger partial charge in [0.1, 0.15) is 6.67 Å². The van der Waals surface area contributed by atoms with Crippen molar-refractivity contribution in [2.24, 2.45) is 4.99 Å². The second-order valence-corrected chi connectivity index (χ2v) is 4.17. The van der Waals surface area contributed by atoms with E-state index in [9.17, 15) is 0 Å². The van der Waals surface area contributed by atoms with Gasteiger partial charge in [-0.05, 0) is 17.2 Å². The first-order valence-electron chi connectivity index (χ1n) is 6.04. The minimum absolute atomic E-state index is 0.630. The Morgan fingerprint density at radius 1 is 0.778 bits per heavy atom. The van der Waals surface area contributed by atoms with Gasteiger partial charge in [-0.2, -0.15) is 0 Å². The summed E-state index contributed by atoms with van der Waals surface area (Å²) >= 11 is 0. The van der Waals surface area contributed by atoms with Crippen LogP contribution in [0, 0.1) is 0 Å². The second-order valence-electron chi connectivity index (χ2n) is 4.17. The van der Waals surface area contributed by atoms with Crippen LogP contribution in [0.1, 0.15) is 11.1 Å². The van der Waals surface area contributed by atoms with Gasteiger partial charge >= 0.3 is 0 Å². The summed E-state index contributed by atoms with van der Waals surface area (Å²) in [5.74, 6) is 0. The van der Waals surface area contributed by atoms with Gasteiger partial charge in [0.05, 0.1) is 5.71 Å². The Morgan fingerprint density at radius 3 is 2.06 bits per heavy atom. The lowest BCUT2D eigenvalue weighted by molar-refractivity contribution is 0.893. The fourth-order valence-corrected chi connectivity index (χ4v) is 2.03. The van der Waals surface area contributed by atoms with Gasteiger partial charge in [-0.3, -0.25) is 4.99 Å². The van der Waals surface area contributed by atoms with Crippen LogP contribution in [0.3, 0.4) is 0 Å². The summed E-state index contributed by atoms with van der Waals surface area (Å²) in [5.41, 5.74) is 4.52. The molecule has 0 fully saturated rings. The molecule has 88 valence electrons. The molecule has 1 heterocycles. The maximum atomic E-state index is 4.50. The fourth-order valence-electron chi connectivity index (χ4n) is 2.03. The summed E-state index contributed by atoms with van der Waals surface area (Å²) in [5, 5.41) is 3.31. The normalized spacial score (nSPS) is 14.4. The number of benzene rings is 2. The Balaban J connectivity index is 1.95. The minimum atomic E-state index is 0.630. The van der Waals surface area contributed by atoms with Gasteiger partial charge in [0, 0.05) is 5.70 Å². The summed E-state index contributed by atoms with van der Waals surface area (Å²) in [6.45, 7) is 0.630. The van der Waals surface area contributed by atoms with Crippen molar-refractivity contribution in [2.75, 3.05) is 6.67 Å². The molecule has 2 heteroatoms. The van der Waals surface area contributed by atoms with Gasteiger partial charge in [-0.15, -0.1) is 0 Å². The molecule has 0 saturated heterocycles. The molecule has 2 aromatic carbocycles. The Hall–Kier alpha value is -2.35. The Bertz CT molecular complexity index is 583. The molecule has 2 nitrogen and oxygen atoms in total. The van der Waals surface area contributed by atoms with Crippen LogP contribution in [0.4, 0.5) is 0 Å². The highest BCUT2D eigenvalue weighted by atomic mass is 15.0. The van der Waals surface area contributed by atoms with Gasteiger partial charge in [-0.1, -0.05) is 60.7 Å². The SMILES string of the molecule is C1=C(c2ccccc2)NCN=C1c1ccccc1. The van der Waals surface area contributed by atoms with Crippen LogP contribution >= 0.6 is 0 Å². The van der Waals surface area contributed by atoms with E-state index in [-0.39, 0.29) is 0 Å². The molecule has 0 saturated carbocycles. The van der Waals surface area contributed by atoms with Crippen molar-refractivity contribution in [3.63, 3.8) is 0 Å². The van der Waals surface area contributed by atoms with Crippen LogP contribution < -0.4 is 5.32 Å². The second kappa shape index (κ2) is 4.88. The van der Waals surface area contributed by atoms with E-state index in [1.54, 1.807) is 0 Å². The van der Waals surface area contributed by atoms with Crippen molar-refractivity contribution in [3.05, 3.63) is 77.9 Å². The van der Waals surface area contributed by atoms with Crippen LogP contribution in [0.15, 0.2) is 71.7 Å². The van der Waals surface area contributed by atoms with E-state index < -0.39 is 0 Å². The molecule has 2 aromatic rings. The van der Waals surface area contributed by atoms with Gasteiger partial charge in [0.25, 0.3) is 0 Å². The number of allylic oxidation sites excluding steroid dienone is 1. The molecule has 0 aromatic heterocycles. The van der Waals surface area contributed by atoms with Crippen molar-refractivity contribution in [1.82, 2.24) is 5.32 Å². The Morgan fingerprint density at radius 2 is 1.39 bits per heavy atom. The number of rotatable bonds is 2. The zero-order valence-corrected chi connectivity index (χ0v) is 10.0. The molecule has 18 heavy (non-hydrogen) atoms. The van der Waals surface area contributed by atoms with Crippen molar-refractivity contribution >= 4 is 11.4 Å². The molecule has 1 aliphatic heterocycles.